The van der Waals surface area contributed by atoms with Crippen molar-refractivity contribution in [2.45, 2.75) is 38.3 Å². The molecule has 126 valence electrons. The Morgan fingerprint density at radius 2 is 1.79 bits per heavy atom. The van der Waals surface area contributed by atoms with Crippen LogP contribution in [0.1, 0.15) is 31.2 Å². The Morgan fingerprint density at radius 1 is 1.08 bits per heavy atom. The van der Waals surface area contributed by atoms with Crippen molar-refractivity contribution in [2.75, 3.05) is 5.32 Å². The largest absolute Gasteiger partial charge is 0.490 e. The van der Waals surface area contributed by atoms with E-state index in [9.17, 15) is 4.39 Å². The van der Waals surface area contributed by atoms with Crippen LogP contribution in [0.15, 0.2) is 48.5 Å². The summed E-state index contributed by atoms with van der Waals surface area (Å²) in [6.45, 7) is 0.349. The summed E-state index contributed by atoms with van der Waals surface area (Å²) < 4.78 is 19.5. The first-order chi connectivity index (χ1) is 11.7. The van der Waals surface area contributed by atoms with E-state index in [0.29, 0.717) is 23.3 Å². The van der Waals surface area contributed by atoms with Crippen LogP contribution < -0.4 is 15.4 Å². The lowest BCUT2D eigenvalue weighted by Gasteiger charge is -2.14. The number of hydrogen-bond donors (Lipinski definition) is 2. The SMILES string of the molecule is Fc1ccccc1CNC(=S)Nc1ccc(OC2CCCC2)cc1. The van der Waals surface area contributed by atoms with Crippen LogP contribution in [0.5, 0.6) is 5.75 Å². The predicted octanol–water partition coefficient (Wildman–Crippen LogP) is 4.63. The first-order valence-electron chi connectivity index (χ1n) is 8.26. The molecule has 0 spiro atoms. The van der Waals surface area contributed by atoms with Gasteiger partial charge in [-0.2, -0.15) is 0 Å². The zero-order valence-corrected chi connectivity index (χ0v) is 14.2. The van der Waals surface area contributed by atoms with Gasteiger partial charge in [0.15, 0.2) is 5.11 Å². The first-order valence-corrected chi connectivity index (χ1v) is 8.66. The molecule has 1 aliphatic rings. The van der Waals surface area contributed by atoms with Gasteiger partial charge in [-0.25, -0.2) is 4.39 Å². The zero-order chi connectivity index (χ0) is 16.8. The Morgan fingerprint density at radius 3 is 2.50 bits per heavy atom. The molecule has 0 radical (unpaired) electrons. The van der Waals surface area contributed by atoms with Crippen LogP contribution in [0.3, 0.4) is 0 Å². The highest BCUT2D eigenvalue weighted by Gasteiger charge is 2.16. The summed E-state index contributed by atoms with van der Waals surface area (Å²) in [7, 11) is 0. The van der Waals surface area contributed by atoms with E-state index in [4.69, 9.17) is 17.0 Å². The standard InChI is InChI=1S/C19H21FN2OS/c20-18-8-4-1-5-14(18)13-21-19(24)22-15-9-11-17(12-10-15)23-16-6-2-3-7-16/h1,4-5,8-12,16H,2-3,6-7,13H2,(H2,21,22,24). The Hall–Kier alpha value is -2.14. The van der Waals surface area contributed by atoms with Gasteiger partial charge >= 0.3 is 0 Å². The molecule has 0 atom stereocenters. The second-order valence-electron chi connectivity index (χ2n) is 5.95. The van der Waals surface area contributed by atoms with E-state index in [-0.39, 0.29) is 5.82 Å². The lowest BCUT2D eigenvalue weighted by atomic mass is 10.2. The van der Waals surface area contributed by atoms with Gasteiger partial charge in [-0.15, -0.1) is 0 Å². The fourth-order valence-electron chi connectivity index (χ4n) is 2.81. The summed E-state index contributed by atoms with van der Waals surface area (Å²) >= 11 is 5.25. The number of ether oxygens (including phenoxy) is 1. The summed E-state index contributed by atoms with van der Waals surface area (Å²) in [6, 6.07) is 14.4. The number of rotatable bonds is 5. The number of hydrogen-bond acceptors (Lipinski definition) is 2. The van der Waals surface area contributed by atoms with Gasteiger partial charge in [0.1, 0.15) is 11.6 Å². The van der Waals surface area contributed by atoms with Crippen molar-refractivity contribution in [3.05, 3.63) is 59.9 Å². The maximum atomic E-state index is 13.6. The Kier molecular flexibility index (Phi) is 5.64. The second-order valence-corrected chi connectivity index (χ2v) is 6.36. The molecule has 1 saturated carbocycles. The molecule has 0 amide bonds. The third-order valence-electron chi connectivity index (χ3n) is 4.11. The third kappa shape index (κ3) is 4.68. The van der Waals surface area contributed by atoms with Crippen molar-refractivity contribution < 1.29 is 9.13 Å². The van der Waals surface area contributed by atoms with Gasteiger partial charge in [-0.05, 0) is 68.2 Å². The minimum atomic E-state index is -0.235. The Bertz CT molecular complexity index is 684. The summed E-state index contributed by atoms with van der Waals surface area (Å²) in [6.07, 6.45) is 5.15. The number of thiocarbonyl (C=S) groups is 1. The predicted molar refractivity (Wildman–Crippen MR) is 98.8 cm³/mol. The molecule has 1 aliphatic carbocycles. The molecular weight excluding hydrogens is 323 g/mol. The van der Waals surface area contributed by atoms with Gasteiger partial charge in [0.05, 0.1) is 6.10 Å². The Labute approximate surface area is 147 Å². The van der Waals surface area contributed by atoms with Crippen molar-refractivity contribution in [1.82, 2.24) is 5.32 Å². The molecule has 1 fully saturated rings. The van der Waals surface area contributed by atoms with Crippen molar-refractivity contribution in [1.29, 1.82) is 0 Å². The summed E-state index contributed by atoms with van der Waals surface area (Å²) in [5.41, 5.74) is 1.46. The quantitative estimate of drug-likeness (QED) is 0.775. The van der Waals surface area contributed by atoms with Crippen molar-refractivity contribution in [2.24, 2.45) is 0 Å². The summed E-state index contributed by atoms with van der Waals surface area (Å²) in [5.74, 6) is 0.652. The van der Waals surface area contributed by atoms with E-state index in [1.54, 1.807) is 18.2 Å². The fraction of sp³-hybridized carbons (Fsp3) is 0.316. The maximum Gasteiger partial charge on any atom is 0.171 e. The molecule has 0 bridgehead atoms. The molecule has 3 rings (SSSR count). The highest BCUT2D eigenvalue weighted by Crippen LogP contribution is 2.25. The van der Waals surface area contributed by atoms with Crippen LogP contribution in [-0.4, -0.2) is 11.2 Å². The molecule has 0 heterocycles. The van der Waals surface area contributed by atoms with Gasteiger partial charge < -0.3 is 15.4 Å². The minimum absolute atomic E-state index is 0.235. The first kappa shape index (κ1) is 16.7. The molecule has 2 aromatic carbocycles. The topological polar surface area (TPSA) is 33.3 Å². The maximum absolute atomic E-state index is 13.6. The van der Waals surface area contributed by atoms with Crippen LogP contribution in [0.4, 0.5) is 10.1 Å². The molecule has 5 heteroatoms. The van der Waals surface area contributed by atoms with E-state index in [0.717, 1.165) is 24.3 Å². The molecule has 3 nitrogen and oxygen atoms in total. The van der Waals surface area contributed by atoms with E-state index >= 15 is 0 Å². The van der Waals surface area contributed by atoms with Crippen molar-refractivity contribution in [3.8, 4) is 5.75 Å². The normalized spacial score (nSPS) is 14.4. The zero-order valence-electron chi connectivity index (χ0n) is 13.4. The number of halogens is 1. The Balaban J connectivity index is 1.48. The number of nitrogens with one attached hydrogen (secondary N) is 2. The van der Waals surface area contributed by atoms with Crippen LogP contribution in [0.2, 0.25) is 0 Å². The van der Waals surface area contributed by atoms with Gasteiger partial charge in [-0.1, -0.05) is 18.2 Å². The van der Waals surface area contributed by atoms with Crippen molar-refractivity contribution >= 4 is 23.0 Å². The van der Waals surface area contributed by atoms with E-state index in [2.05, 4.69) is 10.6 Å². The second kappa shape index (κ2) is 8.11. The monoisotopic (exact) mass is 344 g/mol. The smallest absolute Gasteiger partial charge is 0.171 e. The van der Waals surface area contributed by atoms with Crippen LogP contribution in [0, 0.1) is 5.82 Å². The number of anilines is 1. The molecular formula is C19H21FN2OS. The summed E-state index contributed by atoms with van der Waals surface area (Å²) in [5, 5.41) is 6.57. The minimum Gasteiger partial charge on any atom is -0.490 e. The lowest BCUT2D eigenvalue weighted by Crippen LogP contribution is -2.28. The molecule has 24 heavy (non-hydrogen) atoms. The van der Waals surface area contributed by atoms with Crippen LogP contribution in [0.25, 0.3) is 0 Å². The summed E-state index contributed by atoms with van der Waals surface area (Å²) in [4.78, 5) is 0. The molecule has 2 N–H and O–H groups in total. The number of benzene rings is 2. The average Bonchev–Trinajstić information content (AvgIpc) is 3.09. The van der Waals surface area contributed by atoms with Crippen LogP contribution >= 0.6 is 12.2 Å². The highest BCUT2D eigenvalue weighted by atomic mass is 32.1. The highest BCUT2D eigenvalue weighted by molar-refractivity contribution is 7.80. The van der Waals surface area contributed by atoms with Crippen LogP contribution in [-0.2, 0) is 6.54 Å². The third-order valence-corrected chi connectivity index (χ3v) is 4.36. The van der Waals surface area contributed by atoms with Gasteiger partial charge in [0.25, 0.3) is 0 Å². The fourth-order valence-corrected chi connectivity index (χ4v) is 3.00. The van der Waals surface area contributed by atoms with Gasteiger partial charge in [0, 0.05) is 17.8 Å². The lowest BCUT2D eigenvalue weighted by molar-refractivity contribution is 0.210. The molecule has 2 aromatic rings. The van der Waals surface area contributed by atoms with Gasteiger partial charge in [0.2, 0.25) is 0 Å². The van der Waals surface area contributed by atoms with E-state index in [1.807, 2.05) is 24.3 Å². The average molecular weight is 344 g/mol. The molecule has 0 unspecified atom stereocenters. The van der Waals surface area contributed by atoms with Gasteiger partial charge in [-0.3, -0.25) is 0 Å². The van der Waals surface area contributed by atoms with E-state index < -0.39 is 0 Å². The molecule has 0 aromatic heterocycles. The molecule has 0 aliphatic heterocycles. The van der Waals surface area contributed by atoms with E-state index in [1.165, 1.54) is 18.9 Å². The molecule has 0 saturated heterocycles. The van der Waals surface area contributed by atoms with Crippen molar-refractivity contribution in [3.63, 3.8) is 0 Å².